The summed E-state index contributed by atoms with van der Waals surface area (Å²) in [5, 5.41) is 9.55. The van der Waals surface area contributed by atoms with Gasteiger partial charge in [-0.3, -0.25) is 9.59 Å². The van der Waals surface area contributed by atoms with Gasteiger partial charge in [0.1, 0.15) is 23.6 Å². The van der Waals surface area contributed by atoms with Gasteiger partial charge in [0.05, 0.1) is 17.9 Å². The Bertz CT molecular complexity index is 1180. The van der Waals surface area contributed by atoms with Gasteiger partial charge in [0.15, 0.2) is 11.6 Å². The van der Waals surface area contributed by atoms with Gasteiger partial charge in [0.2, 0.25) is 5.91 Å². The zero-order valence-electron chi connectivity index (χ0n) is 17.0. The Morgan fingerprint density at radius 3 is 2.97 bits per heavy atom. The Hall–Kier alpha value is -3.67. The number of pyridine rings is 1. The van der Waals surface area contributed by atoms with Gasteiger partial charge in [-0.2, -0.15) is 0 Å². The van der Waals surface area contributed by atoms with E-state index in [0.717, 1.165) is 4.47 Å². The van der Waals surface area contributed by atoms with Crippen LogP contribution in [0.2, 0.25) is 0 Å². The van der Waals surface area contributed by atoms with Crippen LogP contribution in [0, 0.1) is 0 Å². The fourth-order valence-electron chi connectivity index (χ4n) is 3.14. The third-order valence-corrected chi connectivity index (χ3v) is 5.21. The fourth-order valence-corrected chi connectivity index (χ4v) is 3.49. The maximum absolute atomic E-state index is 12.8. The first-order valence-electron chi connectivity index (χ1n) is 9.74. The molecule has 2 aliphatic heterocycles. The second-order valence-corrected chi connectivity index (χ2v) is 8.02. The molecule has 1 atom stereocenters. The number of aromatic nitrogens is 3. The first-order valence-corrected chi connectivity index (χ1v) is 10.5. The summed E-state index contributed by atoms with van der Waals surface area (Å²) in [7, 11) is 0. The summed E-state index contributed by atoms with van der Waals surface area (Å²) < 4.78 is 0.767. The molecule has 0 saturated carbocycles. The summed E-state index contributed by atoms with van der Waals surface area (Å²) >= 11 is 3.30. The summed E-state index contributed by atoms with van der Waals surface area (Å²) in [4.78, 5) is 46.3. The predicted octanol–water partition coefficient (Wildman–Crippen LogP) is 2.28. The van der Waals surface area contributed by atoms with Gasteiger partial charge >= 0.3 is 0 Å². The van der Waals surface area contributed by atoms with Gasteiger partial charge in [-0.25, -0.2) is 19.9 Å². The Balaban J connectivity index is 1.37. The Morgan fingerprint density at radius 1 is 1.38 bits per heavy atom. The molecule has 164 valence electrons. The van der Waals surface area contributed by atoms with E-state index >= 15 is 0 Å². The number of nitrogens with zero attached hydrogens (tertiary/aromatic N) is 5. The molecule has 4 heterocycles. The molecule has 0 bridgehead atoms. The van der Waals surface area contributed by atoms with Crippen molar-refractivity contribution in [3.63, 3.8) is 0 Å². The molecule has 1 unspecified atom stereocenters. The van der Waals surface area contributed by atoms with E-state index in [-0.39, 0.29) is 23.9 Å². The van der Waals surface area contributed by atoms with Crippen LogP contribution in [0.4, 0.5) is 17.3 Å². The number of anilines is 2. The average molecular weight is 499 g/mol. The molecule has 0 fully saturated rings. The smallest absolute Gasteiger partial charge is 0.270 e. The Kier molecular flexibility index (Phi) is 6.21. The number of fused-ring (bicyclic) bond motifs is 1. The van der Waals surface area contributed by atoms with Gasteiger partial charge in [-0.05, 0) is 41.4 Å². The molecule has 11 nitrogen and oxygen atoms in total. The van der Waals surface area contributed by atoms with Crippen molar-refractivity contribution >= 4 is 57.0 Å². The van der Waals surface area contributed by atoms with E-state index in [9.17, 15) is 9.59 Å². The molecule has 4 rings (SSSR count). The van der Waals surface area contributed by atoms with Gasteiger partial charge < -0.3 is 21.2 Å². The van der Waals surface area contributed by atoms with E-state index in [0.29, 0.717) is 47.2 Å². The highest BCUT2D eigenvalue weighted by Gasteiger charge is 2.25. The minimum atomic E-state index is -0.447. The van der Waals surface area contributed by atoms with Crippen molar-refractivity contribution in [2.45, 2.75) is 32.2 Å². The molecule has 0 aromatic carbocycles. The minimum absolute atomic E-state index is 0.132. The zero-order chi connectivity index (χ0) is 22.7. The number of rotatable bonds is 5. The molecular weight excluding hydrogens is 480 g/mol. The lowest BCUT2D eigenvalue weighted by Crippen LogP contribution is -2.37. The van der Waals surface area contributed by atoms with Crippen molar-refractivity contribution in [2.75, 3.05) is 11.1 Å². The van der Waals surface area contributed by atoms with E-state index in [1.807, 2.05) is 6.08 Å². The number of nitrogen functional groups attached to an aromatic ring is 1. The second kappa shape index (κ2) is 9.22. The van der Waals surface area contributed by atoms with Gasteiger partial charge in [0, 0.05) is 29.1 Å². The first-order chi connectivity index (χ1) is 15.4. The van der Waals surface area contributed by atoms with Crippen LogP contribution in [0.3, 0.4) is 0 Å². The lowest BCUT2D eigenvalue weighted by Gasteiger charge is -2.20. The van der Waals surface area contributed by atoms with Crippen LogP contribution < -0.4 is 16.4 Å². The van der Waals surface area contributed by atoms with E-state index in [2.05, 4.69) is 51.7 Å². The fraction of sp³-hybridized carbons (Fsp3) is 0.250. The topological polar surface area (TPSA) is 157 Å². The molecule has 0 saturated heterocycles. The first kappa shape index (κ1) is 21.6. The second-order valence-electron chi connectivity index (χ2n) is 7.10. The summed E-state index contributed by atoms with van der Waals surface area (Å²) in [6.07, 6.45) is 7.35. The number of amides is 2. The van der Waals surface area contributed by atoms with Crippen molar-refractivity contribution < 1.29 is 14.4 Å². The van der Waals surface area contributed by atoms with Crippen LogP contribution in [0.5, 0.6) is 0 Å². The summed E-state index contributed by atoms with van der Waals surface area (Å²) in [6, 6.07) is 1.27. The zero-order valence-corrected chi connectivity index (χ0v) is 18.6. The quantitative estimate of drug-likeness (QED) is 0.533. The molecule has 12 heteroatoms. The highest BCUT2D eigenvalue weighted by molar-refractivity contribution is 9.10. The molecule has 2 aliphatic rings. The predicted molar refractivity (Wildman–Crippen MR) is 122 cm³/mol. The Labute approximate surface area is 191 Å². The highest BCUT2D eigenvalue weighted by Crippen LogP contribution is 2.23. The largest absolute Gasteiger partial charge is 0.396 e. The summed E-state index contributed by atoms with van der Waals surface area (Å²) in [6.45, 7) is 1.78. The number of hydrogen-bond acceptors (Lipinski definition) is 9. The lowest BCUT2D eigenvalue weighted by atomic mass is 10.0. The number of halogens is 1. The summed E-state index contributed by atoms with van der Waals surface area (Å²) in [5.74, 6) is 0.734. The maximum Gasteiger partial charge on any atom is 0.270 e. The van der Waals surface area contributed by atoms with Crippen molar-refractivity contribution in [1.82, 2.24) is 20.3 Å². The van der Waals surface area contributed by atoms with Crippen LogP contribution >= 0.6 is 15.9 Å². The van der Waals surface area contributed by atoms with Crippen LogP contribution in [0.1, 0.15) is 35.8 Å². The van der Waals surface area contributed by atoms with E-state index in [1.165, 1.54) is 12.5 Å². The van der Waals surface area contributed by atoms with Crippen LogP contribution in [0.15, 0.2) is 45.0 Å². The average Bonchev–Trinajstić information content (AvgIpc) is 2.78. The van der Waals surface area contributed by atoms with Crippen LogP contribution in [-0.4, -0.2) is 44.7 Å². The van der Waals surface area contributed by atoms with E-state index in [4.69, 9.17) is 10.6 Å². The third kappa shape index (κ3) is 4.80. The van der Waals surface area contributed by atoms with Crippen molar-refractivity contribution in [1.29, 1.82) is 0 Å². The number of nitrogens with two attached hydrogens (primary N) is 1. The van der Waals surface area contributed by atoms with Gasteiger partial charge in [0.25, 0.3) is 5.91 Å². The van der Waals surface area contributed by atoms with Crippen molar-refractivity contribution in [3.05, 3.63) is 46.2 Å². The third-order valence-electron chi connectivity index (χ3n) is 4.77. The number of hydrogen-bond donors (Lipinski definition) is 3. The highest BCUT2D eigenvalue weighted by atomic mass is 79.9. The number of oxime groups is 1. The molecule has 0 aliphatic carbocycles. The number of carbonyl (C=O) groups excluding carboxylic acids is 2. The molecule has 2 aromatic rings. The summed E-state index contributed by atoms with van der Waals surface area (Å²) in [5.41, 5.74) is 7.75. The molecular formula is C20H19BrN8O3. The van der Waals surface area contributed by atoms with E-state index < -0.39 is 6.04 Å². The Morgan fingerprint density at radius 2 is 2.22 bits per heavy atom. The standard InChI is InChI=1S/C20H19BrN8O3/c1-10(27-20(31)17-13-3-5-16(30)28-18(13)26-9-25-17)15-4-2-12(29-32-15)8-24-19-14(22)6-11(21)7-23-19/h4,6-10H,2-3,5,22H2,1H3,(H,27,31)(H,25,26,28,30)/b24-8+. The van der Waals surface area contributed by atoms with Gasteiger partial charge in [-0.1, -0.05) is 5.16 Å². The normalized spacial score (nSPS) is 16.4. The number of allylic oxidation sites excluding steroid dienone is 1. The molecule has 2 amide bonds. The molecule has 32 heavy (non-hydrogen) atoms. The minimum Gasteiger partial charge on any atom is -0.396 e. The lowest BCUT2D eigenvalue weighted by molar-refractivity contribution is -0.116. The van der Waals surface area contributed by atoms with Gasteiger partial charge in [-0.15, -0.1) is 0 Å². The molecule has 0 spiro atoms. The number of nitrogens with one attached hydrogen (secondary N) is 2. The van der Waals surface area contributed by atoms with Crippen molar-refractivity contribution in [3.8, 4) is 0 Å². The van der Waals surface area contributed by atoms with Crippen LogP contribution in [-0.2, 0) is 16.1 Å². The maximum atomic E-state index is 12.8. The number of carbonyl (C=O) groups is 2. The van der Waals surface area contributed by atoms with Crippen molar-refractivity contribution in [2.24, 2.45) is 10.1 Å². The van der Waals surface area contributed by atoms with Crippen LogP contribution in [0.25, 0.3) is 0 Å². The SMILES string of the molecule is CC(NC(=O)c1ncnc2c1CCC(=O)N2)C1=CCC(/C=N/c2ncc(Br)cc2N)=NO1. The molecule has 0 radical (unpaired) electrons. The molecule has 2 aromatic heterocycles. The van der Waals surface area contributed by atoms with E-state index in [1.54, 1.807) is 19.2 Å². The number of aliphatic imine (C=N–C) groups is 1. The monoisotopic (exact) mass is 498 g/mol. The molecule has 4 N–H and O–H groups in total.